The molecule has 0 bridgehead atoms. The number of aryl methyl sites for hydroxylation is 2. The lowest BCUT2D eigenvalue weighted by Gasteiger charge is -2.18. The topological polar surface area (TPSA) is 67.0 Å². The molecule has 0 saturated carbocycles. The van der Waals surface area contributed by atoms with Gasteiger partial charge in [-0.1, -0.05) is 0 Å². The van der Waals surface area contributed by atoms with E-state index in [1.807, 2.05) is 27.7 Å². The molecule has 1 heterocycles. The fraction of sp³-hybridized carbons (Fsp3) is 0.412. The lowest BCUT2D eigenvalue weighted by molar-refractivity contribution is -0.123. The zero-order valence-corrected chi connectivity index (χ0v) is 13.8. The van der Waals surface area contributed by atoms with Crippen LogP contribution in [0.3, 0.4) is 0 Å². The van der Waals surface area contributed by atoms with Crippen LogP contribution in [0.15, 0.2) is 24.3 Å². The average molecular weight is 319 g/mol. The fourth-order valence-electron chi connectivity index (χ4n) is 2.49. The monoisotopic (exact) mass is 319 g/mol. The summed E-state index contributed by atoms with van der Waals surface area (Å²) in [6, 6.07) is 5.63. The highest BCUT2D eigenvalue weighted by atomic mass is 19.1. The molecule has 0 aliphatic rings. The summed E-state index contributed by atoms with van der Waals surface area (Å²) in [5, 5.41) is 9.94. The maximum atomic E-state index is 12.8. The first-order valence-electron chi connectivity index (χ1n) is 7.58. The van der Waals surface area contributed by atoms with Gasteiger partial charge in [0.15, 0.2) is 0 Å². The van der Waals surface area contributed by atoms with E-state index in [4.69, 9.17) is 4.74 Å². The average Bonchev–Trinajstić information content (AvgIpc) is 2.85. The van der Waals surface area contributed by atoms with Crippen LogP contribution in [-0.4, -0.2) is 28.8 Å². The smallest absolute Gasteiger partial charge is 0.227 e. The van der Waals surface area contributed by atoms with E-state index in [1.54, 1.807) is 12.1 Å². The highest BCUT2D eigenvalue weighted by molar-refractivity contribution is 5.84. The third-order valence-electron chi connectivity index (χ3n) is 3.71. The van der Waals surface area contributed by atoms with Gasteiger partial charge in [0, 0.05) is 11.3 Å². The second kappa shape index (κ2) is 7.26. The van der Waals surface area contributed by atoms with Gasteiger partial charge in [0.2, 0.25) is 5.91 Å². The molecule has 5 nitrogen and oxygen atoms in total. The molecular formula is C17H22FN3O2. The molecule has 0 spiro atoms. The Bertz CT molecular complexity index is 647. The summed E-state index contributed by atoms with van der Waals surface area (Å²) in [5.41, 5.74) is 2.66. The van der Waals surface area contributed by atoms with Gasteiger partial charge < -0.3 is 10.1 Å². The highest BCUT2D eigenvalue weighted by Gasteiger charge is 2.22. The number of aromatic nitrogens is 2. The Kier molecular flexibility index (Phi) is 5.36. The molecule has 0 saturated heterocycles. The molecule has 0 aliphatic carbocycles. The summed E-state index contributed by atoms with van der Waals surface area (Å²) in [7, 11) is 0. The lowest BCUT2D eigenvalue weighted by atomic mass is 9.98. The molecule has 2 rings (SSSR count). The summed E-state index contributed by atoms with van der Waals surface area (Å²) in [5.74, 6) is -0.102. The first kappa shape index (κ1) is 17.0. The number of halogens is 1. The maximum absolute atomic E-state index is 12.8. The van der Waals surface area contributed by atoms with Gasteiger partial charge in [-0.25, -0.2) is 4.39 Å². The molecule has 2 atom stereocenters. The van der Waals surface area contributed by atoms with E-state index in [2.05, 4.69) is 15.5 Å². The van der Waals surface area contributed by atoms with Gasteiger partial charge >= 0.3 is 0 Å². The molecule has 2 N–H and O–H groups in total. The van der Waals surface area contributed by atoms with Gasteiger partial charge in [0.25, 0.3) is 0 Å². The van der Waals surface area contributed by atoms with Crippen LogP contribution >= 0.6 is 0 Å². The Balaban J connectivity index is 1.88. The number of nitrogens with zero attached hydrogens (tertiary/aromatic N) is 1. The maximum Gasteiger partial charge on any atom is 0.227 e. The molecule has 23 heavy (non-hydrogen) atoms. The molecule has 1 aromatic carbocycles. The number of ether oxygens (including phenoxy) is 1. The number of benzene rings is 1. The zero-order valence-electron chi connectivity index (χ0n) is 13.8. The van der Waals surface area contributed by atoms with Crippen molar-refractivity contribution in [3.05, 3.63) is 47.0 Å². The van der Waals surface area contributed by atoms with E-state index in [-0.39, 0.29) is 23.7 Å². The number of hydrogen-bond donors (Lipinski definition) is 2. The SMILES string of the molecule is Cc1n[nH]c(C)c1C(C)C(=O)NC(C)COc1ccc(F)cc1. The molecule has 2 aromatic rings. The predicted octanol–water partition coefficient (Wildman–Crippen LogP) is 2.85. The summed E-state index contributed by atoms with van der Waals surface area (Å²) < 4.78 is 18.4. The number of carbonyl (C=O) groups excluding carboxylic acids is 1. The van der Waals surface area contributed by atoms with E-state index in [0.717, 1.165) is 17.0 Å². The minimum atomic E-state index is -0.307. The largest absolute Gasteiger partial charge is 0.491 e. The Labute approximate surface area is 135 Å². The van der Waals surface area contributed by atoms with Crippen LogP contribution in [0.4, 0.5) is 4.39 Å². The first-order valence-corrected chi connectivity index (χ1v) is 7.58. The molecule has 2 unspecified atom stereocenters. The second-order valence-electron chi connectivity index (χ2n) is 5.74. The number of amides is 1. The Morgan fingerprint density at radius 1 is 1.30 bits per heavy atom. The molecular weight excluding hydrogens is 297 g/mol. The van der Waals surface area contributed by atoms with Gasteiger partial charge in [-0.15, -0.1) is 0 Å². The summed E-state index contributed by atoms with van der Waals surface area (Å²) >= 11 is 0. The van der Waals surface area contributed by atoms with E-state index >= 15 is 0 Å². The van der Waals surface area contributed by atoms with Crippen LogP contribution in [-0.2, 0) is 4.79 Å². The van der Waals surface area contributed by atoms with Crippen molar-refractivity contribution in [1.29, 1.82) is 0 Å². The van der Waals surface area contributed by atoms with Gasteiger partial charge in [0.05, 0.1) is 17.7 Å². The lowest BCUT2D eigenvalue weighted by Crippen LogP contribution is -2.39. The van der Waals surface area contributed by atoms with Crippen molar-refractivity contribution >= 4 is 5.91 Å². The number of aromatic amines is 1. The van der Waals surface area contributed by atoms with E-state index in [1.165, 1.54) is 12.1 Å². The molecule has 0 aliphatic heterocycles. The first-order chi connectivity index (χ1) is 10.9. The highest BCUT2D eigenvalue weighted by Crippen LogP contribution is 2.21. The van der Waals surface area contributed by atoms with Gasteiger partial charge in [0.1, 0.15) is 18.2 Å². The normalized spacial score (nSPS) is 13.4. The van der Waals surface area contributed by atoms with Crippen LogP contribution in [0.5, 0.6) is 5.75 Å². The molecule has 0 radical (unpaired) electrons. The number of hydrogen-bond acceptors (Lipinski definition) is 3. The zero-order chi connectivity index (χ0) is 17.0. The van der Waals surface area contributed by atoms with Gasteiger partial charge in [-0.05, 0) is 52.0 Å². The van der Waals surface area contributed by atoms with Crippen molar-refractivity contribution in [1.82, 2.24) is 15.5 Å². The van der Waals surface area contributed by atoms with Crippen LogP contribution in [0.2, 0.25) is 0 Å². The fourth-order valence-corrected chi connectivity index (χ4v) is 2.49. The van der Waals surface area contributed by atoms with Crippen LogP contribution in [0, 0.1) is 19.7 Å². The van der Waals surface area contributed by atoms with Crippen LogP contribution in [0.1, 0.15) is 36.7 Å². The predicted molar refractivity (Wildman–Crippen MR) is 86.0 cm³/mol. The minimum Gasteiger partial charge on any atom is -0.491 e. The van der Waals surface area contributed by atoms with Crippen molar-refractivity contribution in [3.63, 3.8) is 0 Å². The molecule has 124 valence electrons. The Morgan fingerprint density at radius 3 is 2.52 bits per heavy atom. The van der Waals surface area contributed by atoms with E-state index in [9.17, 15) is 9.18 Å². The van der Waals surface area contributed by atoms with Gasteiger partial charge in [-0.3, -0.25) is 9.89 Å². The van der Waals surface area contributed by atoms with Crippen molar-refractivity contribution in [2.75, 3.05) is 6.61 Å². The quantitative estimate of drug-likeness (QED) is 0.860. The van der Waals surface area contributed by atoms with Crippen molar-refractivity contribution in [2.24, 2.45) is 0 Å². The number of nitrogens with one attached hydrogen (secondary N) is 2. The molecule has 1 amide bonds. The summed E-state index contributed by atoms with van der Waals surface area (Å²) in [6.07, 6.45) is 0. The second-order valence-corrected chi connectivity index (χ2v) is 5.74. The molecule has 1 aromatic heterocycles. The van der Waals surface area contributed by atoms with E-state index < -0.39 is 0 Å². The van der Waals surface area contributed by atoms with Crippen molar-refractivity contribution in [3.8, 4) is 5.75 Å². The molecule has 6 heteroatoms. The third-order valence-corrected chi connectivity index (χ3v) is 3.71. The molecule has 0 fully saturated rings. The third kappa shape index (κ3) is 4.31. The van der Waals surface area contributed by atoms with E-state index in [0.29, 0.717) is 12.4 Å². The van der Waals surface area contributed by atoms with Crippen LogP contribution < -0.4 is 10.1 Å². The standard InChI is InChI=1S/C17H22FN3O2/c1-10(9-23-15-7-5-14(18)6-8-15)19-17(22)11(2)16-12(3)20-21-13(16)4/h5-8,10-11H,9H2,1-4H3,(H,19,22)(H,20,21). The van der Waals surface area contributed by atoms with Crippen molar-refractivity contribution < 1.29 is 13.9 Å². The minimum absolute atomic E-state index is 0.0761. The van der Waals surface area contributed by atoms with Crippen molar-refractivity contribution in [2.45, 2.75) is 39.7 Å². The number of carbonyl (C=O) groups is 1. The summed E-state index contributed by atoms with van der Waals surface area (Å²) in [6.45, 7) is 7.81. The number of H-pyrrole nitrogens is 1. The Hall–Kier alpha value is -2.37. The summed E-state index contributed by atoms with van der Waals surface area (Å²) in [4.78, 5) is 12.4. The Morgan fingerprint density at radius 2 is 1.96 bits per heavy atom. The number of rotatable bonds is 6. The van der Waals surface area contributed by atoms with Gasteiger partial charge in [-0.2, -0.15) is 5.10 Å². The van der Waals surface area contributed by atoms with Crippen LogP contribution in [0.25, 0.3) is 0 Å².